The van der Waals surface area contributed by atoms with Crippen molar-refractivity contribution in [3.8, 4) is 5.75 Å². The topological polar surface area (TPSA) is 64.1 Å². The van der Waals surface area contributed by atoms with E-state index in [9.17, 15) is 4.79 Å². The van der Waals surface area contributed by atoms with Crippen molar-refractivity contribution in [1.82, 2.24) is 10.2 Å². The van der Waals surface area contributed by atoms with E-state index in [1.165, 1.54) is 11.3 Å². The molecule has 2 aromatic rings. The second-order valence-corrected chi connectivity index (χ2v) is 6.49. The Morgan fingerprint density at radius 2 is 2.21 bits per heavy atom. The van der Waals surface area contributed by atoms with Gasteiger partial charge in [0.05, 0.1) is 4.47 Å². The highest BCUT2D eigenvalue weighted by atomic mass is 79.9. The fraction of sp³-hybridized carbons (Fsp3) is 0.182. The van der Waals surface area contributed by atoms with Crippen LogP contribution in [-0.4, -0.2) is 22.7 Å². The minimum atomic E-state index is -0.272. The number of hydrogen-bond acceptors (Lipinski definition) is 5. The van der Waals surface area contributed by atoms with Gasteiger partial charge < -0.3 is 4.74 Å². The first-order valence-electron chi connectivity index (χ1n) is 5.22. The van der Waals surface area contributed by atoms with Crippen molar-refractivity contribution in [1.29, 1.82) is 0 Å². The van der Waals surface area contributed by atoms with E-state index >= 15 is 0 Å². The first-order chi connectivity index (χ1) is 9.04. The summed E-state index contributed by atoms with van der Waals surface area (Å²) in [5.74, 6) is 0.331. The first kappa shape index (κ1) is 14.4. The maximum absolute atomic E-state index is 11.7. The smallest absolute Gasteiger partial charge is 0.264 e. The lowest BCUT2D eigenvalue weighted by atomic mass is 10.3. The maximum Gasteiger partial charge on any atom is 0.264 e. The molecular formula is C11H9Br2N3O2S. The Bertz CT molecular complexity index is 603. The molecule has 1 N–H and O–H groups in total. The van der Waals surface area contributed by atoms with Crippen LogP contribution in [0.2, 0.25) is 0 Å². The second kappa shape index (κ2) is 6.44. The Labute approximate surface area is 130 Å². The van der Waals surface area contributed by atoms with Crippen LogP contribution in [0.15, 0.2) is 27.1 Å². The highest BCUT2D eigenvalue weighted by Gasteiger charge is 2.08. The Hall–Kier alpha value is -0.990. The second-order valence-electron chi connectivity index (χ2n) is 3.54. The number of aryl methyl sites for hydroxylation is 1. The molecule has 0 aliphatic carbocycles. The molecule has 0 bridgehead atoms. The number of rotatable bonds is 4. The SMILES string of the molecule is Cc1nnc(NC(=O)COc2ccc(Br)cc2Br)s1. The Kier molecular flexibility index (Phi) is 4.89. The van der Waals surface area contributed by atoms with E-state index in [1.54, 1.807) is 6.07 Å². The van der Waals surface area contributed by atoms with Crippen LogP contribution in [0.1, 0.15) is 5.01 Å². The molecule has 0 fully saturated rings. The molecule has 0 unspecified atom stereocenters. The molecule has 1 aromatic carbocycles. The van der Waals surface area contributed by atoms with E-state index in [0.29, 0.717) is 10.9 Å². The number of aromatic nitrogens is 2. The molecule has 0 aliphatic rings. The lowest BCUT2D eigenvalue weighted by Crippen LogP contribution is -2.20. The number of amides is 1. The molecule has 19 heavy (non-hydrogen) atoms. The van der Waals surface area contributed by atoms with E-state index in [4.69, 9.17) is 4.74 Å². The Balaban J connectivity index is 1.89. The minimum Gasteiger partial charge on any atom is -0.483 e. The summed E-state index contributed by atoms with van der Waals surface area (Å²) in [6, 6.07) is 5.46. The lowest BCUT2D eigenvalue weighted by Gasteiger charge is -2.07. The third kappa shape index (κ3) is 4.26. The number of carbonyl (C=O) groups excluding carboxylic acids is 1. The summed E-state index contributed by atoms with van der Waals surface area (Å²) in [6.07, 6.45) is 0. The van der Waals surface area contributed by atoms with Gasteiger partial charge in [0.2, 0.25) is 5.13 Å². The van der Waals surface area contributed by atoms with Gasteiger partial charge >= 0.3 is 0 Å². The van der Waals surface area contributed by atoms with Crippen molar-refractivity contribution in [3.63, 3.8) is 0 Å². The predicted molar refractivity (Wildman–Crippen MR) is 80.6 cm³/mol. The van der Waals surface area contributed by atoms with Gasteiger partial charge in [0, 0.05) is 4.47 Å². The molecule has 0 spiro atoms. The third-order valence-electron chi connectivity index (χ3n) is 2.03. The average Bonchev–Trinajstić information content (AvgIpc) is 2.73. The van der Waals surface area contributed by atoms with Gasteiger partial charge in [-0.05, 0) is 41.1 Å². The molecule has 5 nitrogen and oxygen atoms in total. The molecule has 0 saturated heterocycles. The van der Waals surface area contributed by atoms with Crippen LogP contribution in [0.4, 0.5) is 5.13 Å². The summed E-state index contributed by atoms with van der Waals surface area (Å²) in [6.45, 7) is 1.74. The van der Waals surface area contributed by atoms with Crippen molar-refractivity contribution >= 4 is 54.2 Å². The number of hydrogen-bond donors (Lipinski definition) is 1. The van der Waals surface area contributed by atoms with Crippen molar-refractivity contribution < 1.29 is 9.53 Å². The lowest BCUT2D eigenvalue weighted by molar-refractivity contribution is -0.118. The van der Waals surface area contributed by atoms with Crippen LogP contribution in [0.25, 0.3) is 0 Å². The number of nitrogens with zero attached hydrogens (tertiary/aromatic N) is 2. The van der Waals surface area contributed by atoms with Crippen molar-refractivity contribution in [2.24, 2.45) is 0 Å². The van der Waals surface area contributed by atoms with E-state index in [1.807, 2.05) is 19.1 Å². The van der Waals surface area contributed by atoms with Gasteiger partial charge in [-0.15, -0.1) is 10.2 Å². The van der Waals surface area contributed by atoms with Gasteiger partial charge in [0.25, 0.3) is 5.91 Å². The molecule has 1 aromatic heterocycles. The third-order valence-corrected chi connectivity index (χ3v) is 3.89. The summed E-state index contributed by atoms with van der Waals surface area (Å²) < 4.78 is 7.12. The molecule has 0 atom stereocenters. The molecule has 100 valence electrons. The normalized spacial score (nSPS) is 10.3. The van der Waals surface area contributed by atoms with E-state index in [-0.39, 0.29) is 12.5 Å². The number of halogens is 2. The van der Waals surface area contributed by atoms with Crippen molar-refractivity contribution in [2.45, 2.75) is 6.92 Å². The van der Waals surface area contributed by atoms with Gasteiger partial charge in [-0.2, -0.15) is 0 Å². The van der Waals surface area contributed by atoms with Gasteiger partial charge in [0.1, 0.15) is 10.8 Å². The maximum atomic E-state index is 11.7. The zero-order valence-corrected chi connectivity index (χ0v) is 13.8. The quantitative estimate of drug-likeness (QED) is 0.845. The van der Waals surface area contributed by atoms with Crippen LogP contribution in [0.3, 0.4) is 0 Å². The highest BCUT2D eigenvalue weighted by Crippen LogP contribution is 2.28. The number of anilines is 1. The zero-order chi connectivity index (χ0) is 13.8. The number of nitrogens with one attached hydrogen (secondary N) is 1. The summed E-state index contributed by atoms with van der Waals surface area (Å²) in [4.78, 5) is 11.7. The van der Waals surface area contributed by atoms with Gasteiger partial charge in [-0.3, -0.25) is 10.1 Å². The summed E-state index contributed by atoms with van der Waals surface area (Å²) >= 11 is 8.02. The fourth-order valence-electron chi connectivity index (χ4n) is 1.24. The summed E-state index contributed by atoms with van der Waals surface area (Å²) in [5.41, 5.74) is 0. The van der Waals surface area contributed by atoms with Crippen molar-refractivity contribution in [3.05, 3.63) is 32.2 Å². The van der Waals surface area contributed by atoms with Crippen LogP contribution in [0, 0.1) is 6.92 Å². The molecule has 8 heteroatoms. The Morgan fingerprint density at radius 1 is 1.42 bits per heavy atom. The number of ether oxygens (including phenoxy) is 1. The predicted octanol–water partition coefficient (Wildman–Crippen LogP) is 3.39. The van der Waals surface area contributed by atoms with Crippen LogP contribution in [-0.2, 0) is 4.79 Å². The van der Waals surface area contributed by atoms with Gasteiger partial charge in [0.15, 0.2) is 6.61 Å². The summed E-state index contributed by atoms with van der Waals surface area (Å²) in [7, 11) is 0. The van der Waals surface area contributed by atoms with Crippen LogP contribution in [0.5, 0.6) is 5.75 Å². The highest BCUT2D eigenvalue weighted by molar-refractivity contribution is 9.11. The van der Waals surface area contributed by atoms with Crippen LogP contribution >= 0.6 is 43.2 Å². The zero-order valence-electron chi connectivity index (χ0n) is 9.81. The fourth-order valence-corrected chi connectivity index (χ4v) is 3.01. The molecule has 0 radical (unpaired) electrons. The van der Waals surface area contributed by atoms with Crippen LogP contribution < -0.4 is 10.1 Å². The van der Waals surface area contributed by atoms with E-state index < -0.39 is 0 Å². The summed E-state index contributed by atoms with van der Waals surface area (Å²) in [5, 5.41) is 11.5. The largest absolute Gasteiger partial charge is 0.483 e. The Morgan fingerprint density at radius 3 is 2.84 bits per heavy atom. The van der Waals surface area contributed by atoms with E-state index in [2.05, 4.69) is 47.4 Å². The molecule has 0 aliphatic heterocycles. The monoisotopic (exact) mass is 405 g/mol. The number of benzene rings is 1. The number of carbonyl (C=O) groups is 1. The molecule has 2 rings (SSSR count). The first-order valence-corrected chi connectivity index (χ1v) is 7.62. The van der Waals surface area contributed by atoms with E-state index in [0.717, 1.165) is 14.0 Å². The molecule has 1 heterocycles. The standard InChI is InChI=1S/C11H9Br2N3O2S/c1-6-15-16-11(19-6)14-10(17)5-18-9-3-2-7(12)4-8(9)13/h2-4H,5H2,1H3,(H,14,16,17). The molecule has 1 amide bonds. The van der Waals surface area contributed by atoms with Gasteiger partial charge in [-0.25, -0.2) is 0 Å². The molecular weight excluding hydrogens is 398 g/mol. The molecule has 0 saturated carbocycles. The average molecular weight is 407 g/mol. The van der Waals surface area contributed by atoms with Crippen molar-refractivity contribution in [2.75, 3.05) is 11.9 Å². The van der Waals surface area contributed by atoms with Gasteiger partial charge in [-0.1, -0.05) is 27.3 Å². The minimum absolute atomic E-state index is 0.0845.